The molecule has 0 radical (unpaired) electrons. The van der Waals surface area contributed by atoms with Gasteiger partial charge in [-0.2, -0.15) is 0 Å². The molecule has 0 aliphatic rings. The van der Waals surface area contributed by atoms with Gasteiger partial charge in [0.05, 0.1) is 11.5 Å². The first-order chi connectivity index (χ1) is 14.9. The first kappa shape index (κ1) is 21.8. The highest BCUT2D eigenvalue weighted by molar-refractivity contribution is 6.31. The molecular formula is C22H18ClN3O5. The summed E-state index contributed by atoms with van der Waals surface area (Å²) in [5.74, 6) is -0.414. The van der Waals surface area contributed by atoms with E-state index in [2.05, 4.69) is 10.6 Å². The average Bonchev–Trinajstić information content (AvgIpc) is 2.78. The third-order valence-electron chi connectivity index (χ3n) is 4.22. The van der Waals surface area contributed by atoms with E-state index < -0.39 is 16.7 Å². The van der Waals surface area contributed by atoms with E-state index in [1.807, 2.05) is 18.2 Å². The van der Waals surface area contributed by atoms with Crippen LogP contribution in [-0.2, 0) is 11.4 Å². The van der Waals surface area contributed by atoms with Gasteiger partial charge >= 0.3 is 0 Å². The summed E-state index contributed by atoms with van der Waals surface area (Å²) in [6.45, 7) is 0.0291. The summed E-state index contributed by atoms with van der Waals surface area (Å²) >= 11 is 6.10. The van der Waals surface area contributed by atoms with Crippen LogP contribution in [0.1, 0.15) is 15.9 Å². The molecule has 9 heteroatoms. The summed E-state index contributed by atoms with van der Waals surface area (Å²) in [4.78, 5) is 34.4. The van der Waals surface area contributed by atoms with E-state index in [0.29, 0.717) is 23.1 Å². The quantitative estimate of drug-likeness (QED) is 0.403. The van der Waals surface area contributed by atoms with Crippen LogP contribution in [-0.4, -0.2) is 23.3 Å². The van der Waals surface area contributed by atoms with Crippen LogP contribution in [0, 0.1) is 10.1 Å². The van der Waals surface area contributed by atoms with Crippen molar-refractivity contribution in [2.24, 2.45) is 0 Å². The van der Waals surface area contributed by atoms with E-state index in [-0.39, 0.29) is 17.8 Å². The number of anilines is 1. The summed E-state index contributed by atoms with van der Waals surface area (Å²) in [5.41, 5.74) is 1.29. The molecule has 0 spiro atoms. The molecule has 0 aliphatic heterocycles. The minimum Gasteiger partial charge on any atom is -0.489 e. The second-order valence-corrected chi connectivity index (χ2v) is 6.85. The van der Waals surface area contributed by atoms with Gasteiger partial charge in [-0.3, -0.25) is 19.7 Å². The molecule has 0 unspecified atom stereocenters. The molecule has 3 aromatic rings. The Morgan fingerprint density at radius 3 is 2.45 bits per heavy atom. The Morgan fingerprint density at radius 2 is 1.74 bits per heavy atom. The first-order valence-electron chi connectivity index (χ1n) is 9.21. The van der Waals surface area contributed by atoms with Crippen molar-refractivity contribution in [2.75, 3.05) is 11.9 Å². The highest BCUT2D eigenvalue weighted by atomic mass is 35.5. The number of nitro groups is 1. The van der Waals surface area contributed by atoms with Crippen LogP contribution in [0.3, 0.4) is 0 Å². The minimum absolute atomic E-state index is 0.0991. The fourth-order valence-electron chi connectivity index (χ4n) is 2.64. The third kappa shape index (κ3) is 6.28. The molecule has 0 atom stereocenters. The van der Waals surface area contributed by atoms with Crippen LogP contribution < -0.4 is 15.4 Å². The smallest absolute Gasteiger partial charge is 0.270 e. The van der Waals surface area contributed by atoms with Crippen molar-refractivity contribution in [1.29, 1.82) is 0 Å². The van der Waals surface area contributed by atoms with Gasteiger partial charge in [0.1, 0.15) is 12.4 Å². The molecule has 0 saturated carbocycles. The van der Waals surface area contributed by atoms with Crippen LogP contribution in [0.15, 0.2) is 72.8 Å². The van der Waals surface area contributed by atoms with E-state index >= 15 is 0 Å². The Labute approximate surface area is 182 Å². The van der Waals surface area contributed by atoms with E-state index in [1.54, 1.807) is 30.3 Å². The lowest BCUT2D eigenvalue weighted by atomic mass is 10.2. The van der Waals surface area contributed by atoms with Crippen LogP contribution in [0.5, 0.6) is 5.75 Å². The number of carbonyl (C=O) groups is 2. The normalized spacial score (nSPS) is 10.2. The predicted octanol–water partition coefficient (Wildman–Crippen LogP) is 4.20. The molecule has 158 valence electrons. The molecule has 3 aromatic carbocycles. The number of hydrogen-bond donors (Lipinski definition) is 2. The number of rotatable bonds is 8. The van der Waals surface area contributed by atoms with Gasteiger partial charge in [-0.25, -0.2) is 0 Å². The van der Waals surface area contributed by atoms with Gasteiger partial charge in [0, 0.05) is 34.0 Å². The fourth-order valence-corrected chi connectivity index (χ4v) is 2.83. The number of amides is 2. The molecule has 0 fully saturated rings. The maximum Gasteiger partial charge on any atom is 0.270 e. The van der Waals surface area contributed by atoms with Gasteiger partial charge in [-0.05, 0) is 36.4 Å². The molecule has 0 aromatic heterocycles. The number of carbonyl (C=O) groups excluding carboxylic acids is 2. The number of ether oxygens (including phenoxy) is 1. The fraction of sp³-hybridized carbons (Fsp3) is 0.0909. The summed E-state index contributed by atoms with van der Waals surface area (Å²) < 4.78 is 5.69. The van der Waals surface area contributed by atoms with E-state index in [9.17, 15) is 19.7 Å². The van der Waals surface area contributed by atoms with Gasteiger partial charge in [0.15, 0.2) is 0 Å². The zero-order valence-corrected chi connectivity index (χ0v) is 17.0. The predicted molar refractivity (Wildman–Crippen MR) is 116 cm³/mol. The number of nitrogens with zero attached hydrogens (tertiary/aromatic N) is 1. The van der Waals surface area contributed by atoms with Gasteiger partial charge in [-0.15, -0.1) is 0 Å². The Hall–Kier alpha value is -3.91. The highest BCUT2D eigenvalue weighted by Gasteiger charge is 2.12. The van der Waals surface area contributed by atoms with Crippen LogP contribution >= 0.6 is 11.6 Å². The van der Waals surface area contributed by atoms with Crippen molar-refractivity contribution in [2.45, 2.75) is 6.61 Å². The highest BCUT2D eigenvalue weighted by Crippen LogP contribution is 2.20. The van der Waals surface area contributed by atoms with Gasteiger partial charge in [0.2, 0.25) is 5.91 Å². The third-order valence-corrected chi connectivity index (χ3v) is 4.59. The standard InChI is InChI=1S/C22H18ClN3O5/c23-20-7-2-1-4-16(20)14-31-19-10-8-17(9-11-19)25-21(27)13-24-22(28)15-5-3-6-18(12-15)26(29)30/h1-12H,13-14H2,(H,24,28)(H,25,27). The maximum absolute atomic E-state index is 12.1. The maximum atomic E-state index is 12.1. The van der Waals surface area contributed by atoms with Crippen molar-refractivity contribution in [3.8, 4) is 5.75 Å². The lowest BCUT2D eigenvalue weighted by molar-refractivity contribution is -0.384. The monoisotopic (exact) mass is 439 g/mol. The molecule has 0 saturated heterocycles. The van der Waals surface area contributed by atoms with E-state index in [4.69, 9.17) is 16.3 Å². The number of non-ortho nitro benzene ring substituents is 1. The molecule has 3 rings (SSSR count). The molecule has 0 bridgehead atoms. The summed E-state index contributed by atoms with van der Waals surface area (Å²) in [6.07, 6.45) is 0. The van der Waals surface area contributed by atoms with E-state index in [1.165, 1.54) is 18.2 Å². The second-order valence-electron chi connectivity index (χ2n) is 6.44. The zero-order valence-electron chi connectivity index (χ0n) is 16.2. The van der Waals surface area contributed by atoms with Gasteiger partial charge in [-0.1, -0.05) is 35.9 Å². The second kappa shape index (κ2) is 10.2. The largest absolute Gasteiger partial charge is 0.489 e. The number of halogens is 1. The van der Waals surface area contributed by atoms with Gasteiger partial charge in [0.25, 0.3) is 11.6 Å². The Bertz CT molecular complexity index is 1100. The lowest BCUT2D eigenvalue weighted by Gasteiger charge is -2.10. The molecule has 0 heterocycles. The molecular weight excluding hydrogens is 422 g/mol. The van der Waals surface area contributed by atoms with Crippen molar-refractivity contribution in [3.05, 3.63) is 99.1 Å². The molecule has 0 aliphatic carbocycles. The lowest BCUT2D eigenvalue weighted by Crippen LogP contribution is -2.32. The number of benzene rings is 3. The number of hydrogen-bond acceptors (Lipinski definition) is 5. The SMILES string of the molecule is O=C(CNC(=O)c1cccc([N+](=O)[O-])c1)Nc1ccc(OCc2ccccc2Cl)cc1. The molecule has 2 N–H and O–H groups in total. The van der Waals surface area contributed by atoms with Gasteiger partial charge < -0.3 is 15.4 Å². The first-order valence-corrected chi connectivity index (χ1v) is 9.59. The minimum atomic E-state index is -0.592. The van der Waals surface area contributed by atoms with Crippen LogP contribution in [0.2, 0.25) is 5.02 Å². The topological polar surface area (TPSA) is 111 Å². The average molecular weight is 440 g/mol. The molecule has 8 nitrogen and oxygen atoms in total. The summed E-state index contributed by atoms with van der Waals surface area (Å²) in [5, 5.41) is 16.5. The van der Waals surface area contributed by atoms with Crippen LogP contribution in [0.25, 0.3) is 0 Å². The van der Waals surface area contributed by atoms with Crippen molar-refractivity contribution < 1.29 is 19.2 Å². The Morgan fingerprint density at radius 1 is 1.00 bits per heavy atom. The summed E-state index contributed by atoms with van der Waals surface area (Å²) in [7, 11) is 0. The van der Waals surface area contributed by atoms with E-state index in [0.717, 1.165) is 11.6 Å². The zero-order chi connectivity index (χ0) is 22.2. The van der Waals surface area contributed by atoms with Crippen molar-refractivity contribution in [3.63, 3.8) is 0 Å². The molecule has 31 heavy (non-hydrogen) atoms. The van der Waals surface area contributed by atoms with Crippen molar-refractivity contribution in [1.82, 2.24) is 5.32 Å². The van der Waals surface area contributed by atoms with Crippen LogP contribution in [0.4, 0.5) is 11.4 Å². The summed E-state index contributed by atoms with van der Waals surface area (Å²) in [6, 6.07) is 19.4. The Balaban J connectivity index is 1.48. The van der Waals surface area contributed by atoms with Crippen molar-refractivity contribution >= 4 is 34.8 Å². The number of nitro benzene ring substituents is 1. The Kier molecular flexibility index (Phi) is 7.18. The number of nitrogens with one attached hydrogen (secondary N) is 2. The molecule has 2 amide bonds.